The Morgan fingerprint density at radius 2 is 1.76 bits per heavy atom. The Morgan fingerprint density at radius 3 is 2.38 bits per heavy atom. The molecule has 0 N–H and O–H groups in total. The van der Waals surface area contributed by atoms with Crippen molar-refractivity contribution in [2.24, 2.45) is 0 Å². The maximum Gasteiger partial charge on any atom is 0.340 e. The van der Waals surface area contributed by atoms with Crippen molar-refractivity contribution in [2.75, 3.05) is 20.3 Å². The highest BCUT2D eigenvalue weighted by molar-refractivity contribution is 8.00. The highest BCUT2D eigenvalue weighted by Crippen LogP contribution is 2.44. The summed E-state index contributed by atoms with van der Waals surface area (Å²) in [5.74, 6) is -1.30. The van der Waals surface area contributed by atoms with Gasteiger partial charge in [-0.2, -0.15) is 0 Å². The Bertz CT molecular complexity index is 1170. The SMILES string of the molecule is CCOC(=O)C1=C(C)N(C)C(Sc2ncccn2)C(C(=O)OCC)=C1c1cccc([N+](=O)[O-])c1. The van der Waals surface area contributed by atoms with E-state index in [2.05, 4.69) is 9.97 Å². The highest BCUT2D eigenvalue weighted by Gasteiger charge is 2.40. The van der Waals surface area contributed by atoms with Crippen molar-refractivity contribution in [2.45, 2.75) is 31.3 Å². The number of nitro groups is 1. The van der Waals surface area contributed by atoms with Crippen LogP contribution in [0, 0.1) is 10.1 Å². The largest absolute Gasteiger partial charge is 0.463 e. The molecule has 1 aromatic carbocycles. The summed E-state index contributed by atoms with van der Waals surface area (Å²) in [6, 6.07) is 7.46. The molecule has 0 bridgehead atoms. The summed E-state index contributed by atoms with van der Waals surface area (Å²) in [4.78, 5) is 47.6. The second-order valence-electron chi connectivity index (χ2n) is 7.11. The molecule has 1 aromatic heterocycles. The van der Waals surface area contributed by atoms with Gasteiger partial charge in [0.1, 0.15) is 5.37 Å². The van der Waals surface area contributed by atoms with Gasteiger partial charge < -0.3 is 14.4 Å². The van der Waals surface area contributed by atoms with Crippen molar-refractivity contribution in [3.05, 3.63) is 75.2 Å². The van der Waals surface area contributed by atoms with Gasteiger partial charge in [-0.3, -0.25) is 10.1 Å². The van der Waals surface area contributed by atoms with Gasteiger partial charge in [-0.1, -0.05) is 23.9 Å². The first-order valence-corrected chi connectivity index (χ1v) is 11.4. The summed E-state index contributed by atoms with van der Waals surface area (Å²) in [6.07, 6.45) is 3.17. The van der Waals surface area contributed by atoms with Crippen LogP contribution in [-0.2, 0) is 19.1 Å². The number of hydrogen-bond acceptors (Lipinski definition) is 10. The van der Waals surface area contributed by atoms with Crippen LogP contribution in [-0.4, -0.2) is 57.4 Å². The first kappa shape index (κ1) is 24.9. The number of aromatic nitrogens is 2. The maximum atomic E-state index is 13.3. The second kappa shape index (κ2) is 10.9. The van der Waals surface area contributed by atoms with Gasteiger partial charge in [-0.25, -0.2) is 19.6 Å². The van der Waals surface area contributed by atoms with Crippen molar-refractivity contribution in [1.29, 1.82) is 0 Å². The van der Waals surface area contributed by atoms with E-state index < -0.39 is 22.2 Å². The van der Waals surface area contributed by atoms with Crippen molar-refractivity contribution in [1.82, 2.24) is 14.9 Å². The smallest absolute Gasteiger partial charge is 0.340 e. The van der Waals surface area contributed by atoms with Gasteiger partial charge in [0.25, 0.3) is 5.69 Å². The minimum absolute atomic E-state index is 0.102. The number of allylic oxidation sites excluding steroid dienone is 1. The van der Waals surface area contributed by atoms with E-state index in [0.29, 0.717) is 16.4 Å². The molecule has 0 radical (unpaired) electrons. The molecular formula is C23H24N4O6S. The molecule has 34 heavy (non-hydrogen) atoms. The molecule has 1 aliphatic rings. The second-order valence-corrected chi connectivity index (χ2v) is 8.16. The van der Waals surface area contributed by atoms with Gasteiger partial charge in [0.15, 0.2) is 5.16 Å². The maximum absolute atomic E-state index is 13.3. The normalized spacial score (nSPS) is 15.9. The summed E-state index contributed by atoms with van der Waals surface area (Å²) >= 11 is 1.20. The Balaban J connectivity index is 2.33. The fourth-order valence-electron chi connectivity index (χ4n) is 3.51. The molecule has 0 spiro atoms. The predicted octanol–water partition coefficient (Wildman–Crippen LogP) is 3.60. The molecule has 0 fully saturated rings. The van der Waals surface area contributed by atoms with E-state index in [0.717, 1.165) is 0 Å². The summed E-state index contributed by atoms with van der Waals surface area (Å²) in [6.45, 7) is 5.30. The topological polar surface area (TPSA) is 125 Å². The highest BCUT2D eigenvalue weighted by atomic mass is 32.2. The first-order chi connectivity index (χ1) is 16.3. The van der Waals surface area contributed by atoms with E-state index in [-0.39, 0.29) is 35.6 Å². The van der Waals surface area contributed by atoms with Crippen LogP contribution in [0.25, 0.3) is 5.57 Å². The van der Waals surface area contributed by atoms with Crippen molar-refractivity contribution >= 4 is 35.0 Å². The van der Waals surface area contributed by atoms with Crippen molar-refractivity contribution in [3.63, 3.8) is 0 Å². The molecular weight excluding hydrogens is 460 g/mol. The first-order valence-electron chi connectivity index (χ1n) is 10.5. The number of thioether (sulfide) groups is 1. The fraction of sp³-hybridized carbons (Fsp3) is 0.304. The standard InChI is InChI=1S/C23H24N4O6S/c1-5-32-21(28)17-14(3)26(4)20(34-23-24-11-8-12-25-23)19(22(29)33-6-2)18(17)15-9-7-10-16(13-15)27(30)31/h7-13,20H,5-6H2,1-4H3. The van der Waals surface area contributed by atoms with E-state index >= 15 is 0 Å². The van der Waals surface area contributed by atoms with Crippen LogP contribution in [0.5, 0.6) is 0 Å². The fourth-order valence-corrected chi connectivity index (χ4v) is 4.60. The molecule has 1 atom stereocenters. The molecule has 1 aliphatic heterocycles. The number of carbonyl (C=O) groups excluding carboxylic acids is 2. The van der Waals surface area contributed by atoms with Crippen LogP contribution in [0.1, 0.15) is 26.3 Å². The van der Waals surface area contributed by atoms with Crippen molar-refractivity contribution < 1.29 is 24.0 Å². The summed E-state index contributed by atoms with van der Waals surface area (Å²) in [7, 11) is 1.73. The summed E-state index contributed by atoms with van der Waals surface area (Å²) in [5.41, 5.74) is 1.19. The van der Waals surface area contributed by atoms with Gasteiger partial charge in [0.2, 0.25) is 0 Å². The summed E-state index contributed by atoms with van der Waals surface area (Å²) < 4.78 is 10.7. The third-order valence-electron chi connectivity index (χ3n) is 5.09. The van der Waals surface area contributed by atoms with E-state index in [1.165, 1.54) is 30.0 Å². The minimum atomic E-state index is -0.672. The number of carbonyl (C=O) groups is 2. The molecule has 1 unspecified atom stereocenters. The number of esters is 2. The number of benzene rings is 1. The van der Waals surface area contributed by atoms with Crippen molar-refractivity contribution in [3.8, 4) is 0 Å². The van der Waals surface area contributed by atoms with Gasteiger partial charge in [0.05, 0.1) is 29.3 Å². The summed E-state index contributed by atoms with van der Waals surface area (Å²) in [5, 5.41) is 11.2. The van der Waals surface area contributed by atoms with Crippen LogP contribution in [0.2, 0.25) is 0 Å². The molecule has 10 nitrogen and oxygen atoms in total. The molecule has 178 valence electrons. The zero-order valence-electron chi connectivity index (χ0n) is 19.2. The Labute approximate surface area is 200 Å². The van der Waals surface area contributed by atoms with Crippen LogP contribution < -0.4 is 0 Å². The lowest BCUT2D eigenvalue weighted by molar-refractivity contribution is -0.384. The molecule has 0 aliphatic carbocycles. The molecule has 11 heteroatoms. The zero-order valence-corrected chi connectivity index (χ0v) is 20.0. The van der Waals surface area contributed by atoms with Crippen LogP contribution >= 0.6 is 11.8 Å². The molecule has 0 amide bonds. The van der Waals surface area contributed by atoms with Crippen LogP contribution in [0.3, 0.4) is 0 Å². The molecule has 0 saturated heterocycles. The number of rotatable bonds is 8. The Kier molecular flexibility index (Phi) is 8.00. The molecule has 2 aromatic rings. The predicted molar refractivity (Wildman–Crippen MR) is 125 cm³/mol. The van der Waals surface area contributed by atoms with Gasteiger partial charge >= 0.3 is 11.9 Å². The Hall–Kier alpha value is -3.73. The van der Waals surface area contributed by atoms with E-state index in [4.69, 9.17) is 9.47 Å². The van der Waals surface area contributed by atoms with E-state index in [1.807, 2.05) is 0 Å². The third kappa shape index (κ3) is 5.09. The number of hydrogen-bond donors (Lipinski definition) is 0. The number of non-ortho nitro benzene ring substituents is 1. The number of nitro benzene ring substituents is 1. The van der Waals surface area contributed by atoms with E-state index in [9.17, 15) is 19.7 Å². The zero-order chi connectivity index (χ0) is 24.8. The van der Waals surface area contributed by atoms with E-state index in [1.54, 1.807) is 57.2 Å². The number of nitrogens with zero attached hydrogens (tertiary/aromatic N) is 4. The minimum Gasteiger partial charge on any atom is -0.463 e. The number of ether oxygens (including phenoxy) is 2. The lowest BCUT2D eigenvalue weighted by atomic mass is 9.88. The Morgan fingerprint density at radius 1 is 1.12 bits per heavy atom. The third-order valence-corrected chi connectivity index (χ3v) is 6.29. The molecule has 2 heterocycles. The lowest BCUT2D eigenvalue weighted by Gasteiger charge is -2.37. The van der Waals surface area contributed by atoms with Gasteiger partial charge in [-0.15, -0.1) is 0 Å². The average Bonchev–Trinajstić information content (AvgIpc) is 2.82. The van der Waals surface area contributed by atoms with Crippen LogP contribution in [0.4, 0.5) is 5.69 Å². The average molecular weight is 485 g/mol. The monoisotopic (exact) mass is 484 g/mol. The van der Waals surface area contributed by atoms with Crippen LogP contribution in [0.15, 0.2) is 64.7 Å². The van der Waals surface area contributed by atoms with Gasteiger partial charge in [-0.05, 0) is 32.4 Å². The molecule has 0 saturated carbocycles. The molecule has 3 rings (SSSR count). The number of likely N-dealkylation sites (N-methyl/N-ethyl adjacent to an activating group) is 1. The van der Waals surface area contributed by atoms with Gasteiger partial charge in [0, 0.05) is 42.8 Å². The quantitative estimate of drug-likeness (QED) is 0.237. The lowest BCUT2D eigenvalue weighted by Crippen LogP contribution is -2.39.